The minimum atomic E-state index is 0.578. The first-order valence-corrected chi connectivity index (χ1v) is 6.68. The Morgan fingerprint density at radius 1 is 1.21 bits per heavy atom. The molecule has 1 aromatic carbocycles. The maximum Gasteiger partial charge on any atom is 0.157 e. The average Bonchev–Trinajstić information content (AvgIpc) is 2.84. The van der Waals surface area contributed by atoms with Crippen LogP contribution >= 0.6 is 0 Å². The molecule has 2 rings (SSSR count). The molecule has 1 heterocycles. The summed E-state index contributed by atoms with van der Waals surface area (Å²) in [5.41, 5.74) is 2.47. The molecule has 2 aromatic rings. The molecule has 0 atom stereocenters. The Morgan fingerprint density at radius 2 is 1.95 bits per heavy atom. The van der Waals surface area contributed by atoms with Gasteiger partial charge < -0.3 is 10.1 Å². The van der Waals surface area contributed by atoms with Gasteiger partial charge in [-0.3, -0.25) is 4.68 Å². The van der Waals surface area contributed by atoms with Gasteiger partial charge in [-0.25, -0.2) is 0 Å². The van der Waals surface area contributed by atoms with Gasteiger partial charge in [-0.15, -0.1) is 0 Å². The number of hydrogen-bond acceptors (Lipinski definition) is 3. The normalized spacial score (nSPS) is 10.6. The van der Waals surface area contributed by atoms with Crippen LogP contribution in [0.2, 0.25) is 0 Å². The Kier molecular flexibility index (Phi) is 4.98. The molecule has 0 spiro atoms. The minimum Gasteiger partial charge on any atom is -0.486 e. The standard InChI is InChI=1S/C15H21N3O/c1-3-8-16-9-13-4-6-14(7-5-13)12-19-15-10-17-18(2)11-15/h4-7,10-11,16H,3,8-9,12H2,1-2H3. The van der Waals surface area contributed by atoms with Crippen LogP contribution in [0.4, 0.5) is 0 Å². The zero-order valence-corrected chi connectivity index (χ0v) is 11.6. The van der Waals surface area contributed by atoms with E-state index >= 15 is 0 Å². The molecule has 4 nitrogen and oxygen atoms in total. The molecule has 0 amide bonds. The smallest absolute Gasteiger partial charge is 0.157 e. The van der Waals surface area contributed by atoms with Gasteiger partial charge in [0.25, 0.3) is 0 Å². The second-order valence-electron chi connectivity index (χ2n) is 4.63. The van der Waals surface area contributed by atoms with Gasteiger partial charge >= 0.3 is 0 Å². The maximum absolute atomic E-state index is 5.65. The van der Waals surface area contributed by atoms with Crippen molar-refractivity contribution in [3.8, 4) is 5.75 Å². The van der Waals surface area contributed by atoms with E-state index in [1.807, 2.05) is 13.2 Å². The van der Waals surface area contributed by atoms with Crippen LogP contribution in [-0.2, 0) is 20.2 Å². The van der Waals surface area contributed by atoms with Crippen LogP contribution in [0.3, 0.4) is 0 Å². The second-order valence-corrected chi connectivity index (χ2v) is 4.63. The first kappa shape index (κ1) is 13.6. The van der Waals surface area contributed by atoms with Crippen molar-refractivity contribution in [1.29, 1.82) is 0 Å². The fourth-order valence-electron chi connectivity index (χ4n) is 1.80. The summed E-state index contributed by atoms with van der Waals surface area (Å²) >= 11 is 0. The molecule has 0 fully saturated rings. The largest absolute Gasteiger partial charge is 0.486 e. The van der Waals surface area contributed by atoms with Crippen LogP contribution in [0, 0.1) is 0 Å². The van der Waals surface area contributed by atoms with Crippen LogP contribution in [0.15, 0.2) is 36.7 Å². The molecule has 0 aliphatic carbocycles. The van der Waals surface area contributed by atoms with Crippen LogP contribution < -0.4 is 10.1 Å². The number of rotatable bonds is 7. The summed E-state index contributed by atoms with van der Waals surface area (Å²) < 4.78 is 7.39. The van der Waals surface area contributed by atoms with E-state index in [1.54, 1.807) is 10.9 Å². The van der Waals surface area contributed by atoms with Gasteiger partial charge in [0.15, 0.2) is 5.75 Å². The number of nitrogens with zero attached hydrogens (tertiary/aromatic N) is 2. The summed E-state index contributed by atoms with van der Waals surface area (Å²) in [4.78, 5) is 0. The predicted octanol–water partition coefficient (Wildman–Crippen LogP) is 2.50. The Bertz CT molecular complexity index is 490. The van der Waals surface area contributed by atoms with Crippen LogP contribution in [0.25, 0.3) is 0 Å². The third-order valence-corrected chi connectivity index (χ3v) is 2.87. The van der Waals surface area contributed by atoms with Gasteiger partial charge in [0, 0.05) is 13.6 Å². The Hall–Kier alpha value is -1.81. The molecule has 1 N–H and O–H groups in total. The zero-order valence-electron chi connectivity index (χ0n) is 11.6. The summed E-state index contributed by atoms with van der Waals surface area (Å²) in [6.07, 6.45) is 4.75. The van der Waals surface area contributed by atoms with Gasteiger partial charge in [-0.1, -0.05) is 31.2 Å². The molecule has 19 heavy (non-hydrogen) atoms. The molecule has 0 saturated heterocycles. The van der Waals surface area contributed by atoms with Crippen molar-refractivity contribution in [2.75, 3.05) is 6.54 Å². The average molecular weight is 259 g/mol. The number of aryl methyl sites for hydroxylation is 1. The molecule has 4 heteroatoms. The predicted molar refractivity (Wildman–Crippen MR) is 76.0 cm³/mol. The van der Waals surface area contributed by atoms with Gasteiger partial charge in [-0.05, 0) is 24.1 Å². The van der Waals surface area contributed by atoms with Gasteiger partial charge in [0.05, 0.1) is 12.4 Å². The van der Waals surface area contributed by atoms with E-state index in [2.05, 4.69) is 41.6 Å². The molecule has 0 bridgehead atoms. The summed E-state index contributed by atoms with van der Waals surface area (Å²) in [7, 11) is 1.88. The first-order valence-electron chi connectivity index (χ1n) is 6.68. The van der Waals surface area contributed by atoms with E-state index in [0.717, 1.165) is 25.3 Å². The summed E-state index contributed by atoms with van der Waals surface area (Å²) in [6, 6.07) is 8.51. The summed E-state index contributed by atoms with van der Waals surface area (Å²) in [6.45, 7) is 4.74. The summed E-state index contributed by atoms with van der Waals surface area (Å²) in [5, 5.41) is 7.46. The highest BCUT2D eigenvalue weighted by molar-refractivity contribution is 5.22. The number of ether oxygens (including phenoxy) is 1. The number of nitrogens with one attached hydrogen (secondary N) is 1. The lowest BCUT2D eigenvalue weighted by atomic mass is 10.1. The van der Waals surface area contributed by atoms with Crippen molar-refractivity contribution >= 4 is 0 Å². The lowest BCUT2D eigenvalue weighted by molar-refractivity contribution is 0.306. The van der Waals surface area contributed by atoms with Crippen LogP contribution in [0.5, 0.6) is 5.75 Å². The lowest BCUT2D eigenvalue weighted by Crippen LogP contribution is -2.13. The molecule has 0 aliphatic rings. The molecule has 0 unspecified atom stereocenters. The highest BCUT2D eigenvalue weighted by atomic mass is 16.5. The molecule has 0 saturated carbocycles. The Balaban J connectivity index is 1.81. The first-order chi connectivity index (χ1) is 9.28. The monoisotopic (exact) mass is 259 g/mol. The number of benzene rings is 1. The van der Waals surface area contributed by atoms with Crippen molar-refractivity contribution in [2.45, 2.75) is 26.5 Å². The van der Waals surface area contributed by atoms with Crippen molar-refractivity contribution in [3.63, 3.8) is 0 Å². The van der Waals surface area contributed by atoms with E-state index in [-0.39, 0.29) is 0 Å². The van der Waals surface area contributed by atoms with E-state index < -0.39 is 0 Å². The Morgan fingerprint density at radius 3 is 2.58 bits per heavy atom. The minimum absolute atomic E-state index is 0.578. The summed E-state index contributed by atoms with van der Waals surface area (Å²) in [5.74, 6) is 0.802. The lowest BCUT2D eigenvalue weighted by Gasteiger charge is -2.06. The molecule has 0 aliphatic heterocycles. The molecule has 0 radical (unpaired) electrons. The highest BCUT2D eigenvalue weighted by Crippen LogP contribution is 2.11. The number of aromatic nitrogens is 2. The third kappa shape index (κ3) is 4.41. The second kappa shape index (κ2) is 6.95. The van der Waals surface area contributed by atoms with Gasteiger partial charge in [0.2, 0.25) is 0 Å². The number of hydrogen-bond donors (Lipinski definition) is 1. The van der Waals surface area contributed by atoms with Gasteiger partial charge in [-0.2, -0.15) is 5.10 Å². The van der Waals surface area contributed by atoms with E-state index in [1.165, 1.54) is 11.1 Å². The fourth-order valence-corrected chi connectivity index (χ4v) is 1.80. The zero-order chi connectivity index (χ0) is 13.5. The Labute approximate surface area is 114 Å². The highest BCUT2D eigenvalue weighted by Gasteiger charge is 1.99. The topological polar surface area (TPSA) is 39.1 Å². The van der Waals surface area contributed by atoms with E-state index in [0.29, 0.717) is 6.61 Å². The SMILES string of the molecule is CCCNCc1ccc(COc2cnn(C)c2)cc1. The van der Waals surface area contributed by atoms with Gasteiger partial charge in [0.1, 0.15) is 6.61 Å². The van der Waals surface area contributed by atoms with Crippen molar-refractivity contribution in [1.82, 2.24) is 15.1 Å². The van der Waals surface area contributed by atoms with Crippen LogP contribution in [0.1, 0.15) is 24.5 Å². The van der Waals surface area contributed by atoms with E-state index in [4.69, 9.17) is 4.74 Å². The molecule has 102 valence electrons. The van der Waals surface area contributed by atoms with E-state index in [9.17, 15) is 0 Å². The molecule has 1 aromatic heterocycles. The van der Waals surface area contributed by atoms with Crippen LogP contribution in [-0.4, -0.2) is 16.3 Å². The fraction of sp³-hybridized carbons (Fsp3) is 0.400. The van der Waals surface area contributed by atoms with Crippen molar-refractivity contribution in [2.24, 2.45) is 7.05 Å². The molecular weight excluding hydrogens is 238 g/mol. The van der Waals surface area contributed by atoms with Crippen molar-refractivity contribution in [3.05, 3.63) is 47.8 Å². The maximum atomic E-state index is 5.65. The quantitative estimate of drug-likeness (QED) is 0.776. The third-order valence-electron chi connectivity index (χ3n) is 2.87. The van der Waals surface area contributed by atoms with Crippen molar-refractivity contribution < 1.29 is 4.74 Å². The molecular formula is C15H21N3O.